The highest BCUT2D eigenvalue weighted by atomic mass is 16.5. The van der Waals surface area contributed by atoms with Gasteiger partial charge in [-0.2, -0.15) is 0 Å². The molecule has 0 aliphatic heterocycles. The Labute approximate surface area is 161 Å². The lowest BCUT2D eigenvalue weighted by Gasteiger charge is -2.12. The Morgan fingerprint density at radius 3 is 2.44 bits per heavy atom. The molecule has 27 heavy (non-hydrogen) atoms. The third kappa shape index (κ3) is 6.70. The number of allylic oxidation sites excluding steroid dienone is 1. The number of benzene rings is 2. The second-order valence-electron chi connectivity index (χ2n) is 6.35. The van der Waals surface area contributed by atoms with E-state index in [2.05, 4.69) is 11.9 Å². The van der Waals surface area contributed by atoms with Gasteiger partial charge in [-0.3, -0.25) is 4.79 Å². The predicted octanol–water partition coefficient (Wildman–Crippen LogP) is 3.91. The number of carbonyl (C=O) groups is 1. The monoisotopic (exact) mass is 369 g/mol. The van der Waals surface area contributed by atoms with Crippen LogP contribution in [0.2, 0.25) is 0 Å². The van der Waals surface area contributed by atoms with Gasteiger partial charge >= 0.3 is 0 Å². The molecule has 0 radical (unpaired) electrons. The van der Waals surface area contributed by atoms with Crippen LogP contribution >= 0.6 is 0 Å². The van der Waals surface area contributed by atoms with Crippen molar-refractivity contribution in [2.24, 2.45) is 0 Å². The van der Waals surface area contributed by atoms with Crippen molar-refractivity contribution in [3.8, 4) is 17.2 Å². The molecule has 0 unspecified atom stereocenters. The van der Waals surface area contributed by atoms with Crippen LogP contribution < -0.4 is 19.5 Å². The SMILES string of the molecule is C=CCc1ccc(OCC(=O)NCc2ccc(OC(C)C)cc2)c(OC)c1. The van der Waals surface area contributed by atoms with Crippen molar-refractivity contribution in [2.75, 3.05) is 13.7 Å². The van der Waals surface area contributed by atoms with Crippen LogP contribution in [0.25, 0.3) is 0 Å². The van der Waals surface area contributed by atoms with Crippen LogP contribution in [0.3, 0.4) is 0 Å². The Hall–Kier alpha value is -2.95. The number of hydrogen-bond donors (Lipinski definition) is 1. The third-order valence-corrected chi connectivity index (χ3v) is 3.75. The van der Waals surface area contributed by atoms with Crippen molar-refractivity contribution in [1.29, 1.82) is 0 Å². The van der Waals surface area contributed by atoms with E-state index in [1.54, 1.807) is 13.2 Å². The first-order chi connectivity index (χ1) is 13.0. The van der Waals surface area contributed by atoms with Gasteiger partial charge in [0.05, 0.1) is 13.2 Å². The summed E-state index contributed by atoms with van der Waals surface area (Å²) < 4.78 is 16.5. The van der Waals surface area contributed by atoms with Crippen molar-refractivity contribution in [3.05, 3.63) is 66.2 Å². The van der Waals surface area contributed by atoms with Crippen LogP contribution in [-0.2, 0) is 17.8 Å². The van der Waals surface area contributed by atoms with Crippen LogP contribution in [0.4, 0.5) is 0 Å². The van der Waals surface area contributed by atoms with Crippen LogP contribution in [0.5, 0.6) is 17.2 Å². The lowest BCUT2D eigenvalue weighted by Crippen LogP contribution is -2.28. The van der Waals surface area contributed by atoms with E-state index in [-0.39, 0.29) is 18.6 Å². The number of methoxy groups -OCH3 is 1. The zero-order chi connectivity index (χ0) is 19.6. The highest BCUT2D eigenvalue weighted by molar-refractivity contribution is 5.77. The molecule has 0 saturated heterocycles. The molecular formula is C22H27NO4. The molecule has 0 bridgehead atoms. The van der Waals surface area contributed by atoms with E-state index in [0.717, 1.165) is 23.3 Å². The third-order valence-electron chi connectivity index (χ3n) is 3.75. The van der Waals surface area contributed by atoms with E-state index in [1.807, 2.05) is 56.3 Å². The minimum Gasteiger partial charge on any atom is -0.493 e. The molecule has 0 aliphatic carbocycles. The Kier molecular flexibility index (Phi) is 7.74. The Morgan fingerprint density at radius 1 is 1.11 bits per heavy atom. The average Bonchev–Trinajstić information content (AvgIpc) is 2.66. The summed E-state index contributed by atoms with van der Waals surface area (Å²) in [7, 11) is 1.58. The number of amides is 1. The molecule has 1 amide bonds. The van der Waals surface area contributed by atoms with E-state index >= 15 is 0 Å². The largest absolute Gasteiger partial charge is 0.493 e. The fourth-order valence-electron chi connectivity index (χ4n) is 2.48. The van der Waals surface area contributed by atoms with Gasteiger partial charge < -0.3 is 19.5 Å². The number of rotatable bonds is 10. The van der Waals surface area contributed by atoms with E-state index in [0.29, 0.717) is 18.0 Å². The Bertz CT molecular complexity index is 753. The quantitative estimate of drug-likeness (QED) is 0.645. The molecule has 1 N–H and O–H groups in total. The topological polar surface area (TPSA) is 56.8 Å². The number of hydrogen-bond acceptors (Lipinski definition) is 4. The first-order valence-electron chi connectivity index (χ1n) is 8.94. The van der Waals surface area contributed by atoms with Crippen molar-refractivity contribution >= 4 is 5.91 Å². The molecule has 0 fully saturated rings. The normalized spacial score (nSPS) is 10.4. The van der Waals surface area contributed by atoms with Gasteiger partial charge in [-0.15, -0.1) is 6.58 Å². The molecule has 2 aromatic rings. The van der Waals surface area contributed by atoms with E-state index in [1.165, 1.54) is 0 Å². The second-order valence-corrected chi connectivity index (χ2v) is 6.35. The van der Waals surface area contributed by atoms with Gasteiger partial charge in [-0.05, 0) is 55.7 Å². The van der Waals surface area contributed by atoms with Crippen molar-refractivity contribution < 1.29 is 19.0 Å². The summed E-state index contributed by atoms with van der Waals surface area (Å²) >= 11 is 0. The highest BCUT2D eigenvalue weighted by Gasteiger charge is 2.08. The molecule has 144 valence electrons. The van der Waals surface area contributed by atoms with Crippen molar-refractivity contribution in [3.63, 3.8) is 0 Å². The Balaban J connectivity index is 1.83. The predicted molar refractivity (Wildman–Crippen MR) is 106 cm³/mol. The van der Waals surface area contributed by atoms with Crippen molar-refractivity contribution in [1.82, 2.24) is 5.32 Å². The summed E-state index contributed by atoms with van der Waals surface area (Å²) in [4.78, 5) is 12.1. The van der Waals surface area contributed by atoms with E-state index < -0.39 is 0 Å². The molecule has 0 heterocycles. The molecular weight excluding hydrogens is 342 g/mol. The molecule has 0 spiro atoms. The molecule has 2 aromatic carbocycles. The van der Waals surface area contributed by atoms with Gasteiger partial charge in [-0.25, -0.2) is 0 Å². The summed E-state index contributed by atoms with van der Waals surface area (Å²) in [6, 6.07) is 13.3. The number of carbonyl (C=O) groups excluding carboxylic acids is 1. The van der Waals surface area contributed by atoms with Gasteiger partial charge in [-0.1, -0.05) is 24.3 Å². The highest BCUT2D eigenvalue weighted by Crippen LogP contribution is 2.28. The van der Waals surface area contributed by atoms with Gasteiger partial charge in [0, 0.05) is 6.54 Å². The van der Waals surface area contributed by atoms with Crippen LogP contribution in [0.15, 0.2) is 55.1 Å². The van der Waals surface area contributed by atoms with Gasteiger partial charge in [0.1, 0.15) is 5.75 Å². The molecule has 5 heteroatoms. The summed E-state index contributed by atoms with van der Waals surface area (Å²) in [6.07, 6.45) is 2.71. The Morgan fingerprint density at radius 2 is 1.81 bits per heavy atom. The lowest BCUT2D eigenvalue weighted by atomic mass is 10.1. The number of ether oxygens (including phenoxy) is 3. The zero-order valence-electron chi connectivity index (χ0n) is 16.2. The number of nitrogens with one attached hydrogen (secondary N) is 1. The van der Waals surface area contributed by atoms with Crippen molar-refractivity contribution in [2.45, 2.75) is 32.9 Å². The van der Waals surface area contributed by atoms with Crippen LogP contribution in [-0.4, -0.2) is 25.7 Å². The second kappa shape index (κ2) is 10.3. The molecule has 0 aliphatic rings. The zero-order valence-corrected chi connectivity index (χ0v) is 16.2. The molecule has 0 aromatic heterocycles. The van der Waals surface area contributed by atoms with E-state index in [9.17, 15) is 4.79 Å². The summed E-state index contributed by atoms with van der Waals surface area (Å²) in [5.41, 5.74) is 2.06. The molecule has 5 nitrogen and oxygen atoms in total. The average molecular weight is 369 g/mol. The van der Waals surface area contributed by atoms with E-state index in [4.69, 9.17) is 14.2 Å². The molecule has 0 atom stereocenters. The fraction of sp³-hybridized carbons (Fsp3) is 0.318. The van der Waals surface area contributed by atoms with Crippen LogP contribution in [0.1, 0.15) is 25.0 Å². The van der Waals surface area contributed by atoms with Gasteiger partial charge in [0.25, 0.3) is 5.91 Å². The first kappa shape index (κ1) is 20.4. The maximum Gasteiger partial charge on any atom is 0.258 e. The standard InChI is InChI=1S/C22H27NO4/c1-5-6-17-9-12-20(21(13-17)25-4)26-15-22(24)23-14-18-7-10-19(11-8-18)27-16(2)3/h5,7-13,16H,1,6,14-15H2,2-4H3,(H,23,24). The minimum absolute atomic E-state index is 0.0777. The maximum atomic E-state index is 12.1. The molecule has 2 rings (SSSR count). The van der Waals surface area contributed by atoms with Gasteiger partial charge in [0.2, 0.25) is 0 Å². The summed E-state index contributed by atoms with van der Waals surface area (Å²) in [5.74, 6) is 1.75. The first-order valence-corrected chi connectivity index (χ1v) is 8.94. The minimum atomic E-state index is -0.199. The lowest BCUT2D eigenvalue weighted by molar-refractivity contribution is -0.123. The van der Waals surface area contributed by atoms with Crippen LogP contribution in [0, 0.1) is 0 Å². The maximum absolute atomic E-state index is 12.1. The van der Waals surface area contributed by atoms with Gasteiger partial charge in [0.15, 0.2) is 18.1 Å². The smallest absolute Gasteiger partial charge is 0.258 e. The molecule has 0 saturated carbocycles. The summed E-state index contributed by atoms with van der Waals surface area (Å²) in [6.45, 7) is 8.04. The fourth-order valence-corrected chi connectivity index (χ4v) is 2.48. The summed E-state index contributed by atoms with van der Waals surface area (Å²) in [5, 5.41) is 2.84.